The van der Waals surface area contributed by atoms with Crippen molar-refractivity contribution in [1.82, 2.24) is 19.7 Å². The Labute approximate surface area is 236 Å². The number of carbonyl (C=O) groups is 2. The van der Waals surface area contributed by atoms with E-state index in [0.717, 1.165) is 48.0 Å². The highest BCUT2D eigenvalue weighted by molar-refractivity contribution is 6.31. The first-order valence-electron chi connectivity index (χ1n) is 14.1. The fourth-order valence-corrected chi connectivity index (χ4v) is 6.94. The van der Waals surface area contributed by atoms with Crippen molar-refractivity contribution in [3.63, 3.8) is 0 Å². The lowest BCUT2D eigenvalue weighted by Gasteiger charge is -2.50. The quantitative estimate of drug-likeness (QED) is 0.396. The van der Waals surface area contributed by atoms with Gasteiger partial charge >= 0.3 is 0 Å². The van der Waals surface area contributed by atoms with Crippen LogP contribution in [-0.4, -0.2) is 76.2 Å². The Morgan fingerprint density at radius 3 is 2.41 bits per heavy atom. The molecular formula is C31H40ClN5O2. The molecule has 0 spiro atoms. The van der Waals surface area contributed by atoms with Crippen molar-refractivity contribution in [3.05, 3.63) is 70.9 Å². The van der Waals surface area contributed by atoms with Crippen LogP contribution in [0.1, 0.15) is 56.2 Å². The highest BCUT2D eigenvalue weighted by Gasteiger charge is 2.56. The number of H-pyrrole nitrogens is 1. The van der Waals surface area contributed by atoms with E-state index in [9.17, 15) is 9.59 Å². The molecule has 39 heavy (non-hydrogen) atoms. The maximum absolute atomic E-state index is 14.6. The maximum Gasteiger partial charge on any atom is 0.252 e. The van der Waals surface area contributed by atoms with Crippen LogP contribution in [0.15, 0.2) is 54.7 Å². The van der Waals surface area contributed by atoms with Gasteiger partial charge < -0.3 is 20.5 Å². The minimum Gasteiger partial charge on any atom is -0.361 e. The molecule has 1 amide bonds. The SMILES string of the molecule is CC(=O)C(C(=O)N(C)Cc1ccccc1Cl)(C(N)c1c[nH]c2ccccc12)N1CCC(N2CCCCC2)CC1. The van der Waals surface area contributed by atoms with Crippen molar-refractivity contribution in [2.45, 2.75) is 63.2 Å². The summed E-state index contributed by atoms with van der Waals surface area (Å²) < 4.78 is 0. The molecule has 2 unspecified atom stereocenters. The van der Waals surface area contributed by atoms with E-state index in [0.29, 0.717) is 30.7 Å². The van der Waals surface area contributed by atoms with Crippen molar-refractivity contribution in [1.29, 1.82) is 0 Å². The van der Waals surface area contributed by atoms with Crippen LogP contribution in [-0.2, 0) is 16.1 Å². The van der Waals surface area contributed by atoms with Gasteiger partial charge in [0.15, 0.2) is 11.3 Å². The van der Waals surface area contributed by atoms with Gasteiger partial charge in [0, 0.05) is 54.8 Å². The Bertz CT molecular complexity index is 1310. The molecule has 3 aromatic rings. The number of Topliss-reactive ketones (excluding diaryl/α,β-unsaturated/α-hetero) is 1. The summed E-state index contributed by atoms with van der Waals surface area (Å²) in [6, 6.07) is 15.0. The Hall–Kier alpha value is -2.71. The summed E-state index contributed by atoms with van der Waals surface area (Å²) in [6.45, 7) is 5.36. The van der Waals surface area contributed by atoms with Gasteiger partial charge in [-0.3, -0.25) is 14.5 Å². The number of nitrogens with zero attached hydrogens (tertiary/aromatic N) is 3. The minimum absolute atomic E-state index is 0.229. The molecule has 7 nitrogen and oxygen atoms in total. The summed E-state index contributed by atoms with van der Waals surface area (Å²) in [5, 5.41) is 1.52. The van der Waals surface area contributed by atoms with Crippen molar-refractivity contribution < 1.29 is 9.59 Å². The average Bonchev–Trinajstić information content (AvgIpc) is 3.39. The lowest BCUT2D eigenvalue weighted by atomic mass is 9.78. The molecule has 2 aliphatic rings. The predicted octanol–water partition coefficient (Wildman–Crippen LogP) is 4.76. The van der Waals surface area contributed by atoms with Gasteiger partial charge in [-0.25, -0.2) is 0 Å². The van der Waals surface area contributed by atoms with E-state index in [4.69, 9.17) is 17.3 Å². The zero-order valence-electron chi connectivity index (χ0n) is 23.0. The summed E-state index contributed by atoms with van der Waals surface area (Å²) in [4.78, 5) is 38.1. The summed E-state index contributed by atoms with van der Waals surface area (Å²) in [5.74, 6) is -0.517. The third-order valence-electron chi connectivity index (χ3n) is 8.85. The standard InChI is InChI=1S/C31H40ClN5O2/c1-22(38)31(29(33)26-20-34-28-13-7-5-11-25(26)28,30(39)35(2)21-23-10-4-6-12-27(23)32)37-18-14-24(15-19-37)36-16-8-3-9-17-36/h4-7,10-13,20,24,29,34H,3,8-9,14-19,21,33H2,1-2H3. The van der Waals surface area contributed by atoms with Crippen LogP contribution in [0.4, 0.5) is 0 Å². The number of hydrogen-bond donors (Lipinski definition) is 2. The van der Waals surface area contributed by atoms with Gasteiger partial charge in [0.1, 0.15) is 0 Å². The molecule has 3 N–H and O–H groups in total. The minimum atomic E-state index is -1.53. The number of nitrogens with two attached hydrogens (primary N) is 1. The average molecular weight is 550 g/mol. The van der Waals surface area contributed by atoms with Crippen molar-refractivity contribution in [2.75, 3.05) is 33.2 Å². The monoisotopic (exact) mass is 549 g/mol. The molecule has 5 rings (SSSR count). The first-order valence-corrected chi connectivity index (χ1v) is 14.5. The normalized spacial score (nSPS) is 20.0. The molecule has 0 radical (unpaired) electrons. The molecule has 2 aliphatic heterocycles. The second-order valence-corrected chi connectivity index (χ2v) is 11.6. The van der Waals surface area contributed by atoms with E-state index in [2.05, 4.69) is 14.8 Å². The molecule has 3 heterocycles. The summed E-state index contributed by atoms with van der Waals surface area (Å²) in [5.41, 5.74) is 8.09. The molecule has 2 aromatic carbocycles. The van der Waals surface area contributed by atoms with E-state index >= 15 is 0 Å². The number of hydrogen-bond acceptors (Lipinski definition) is 5. The molecule has 0 aliphatic carbocycles. The molecule has 1 aromatic heterocycles. The maximum atomic E-state index is 14.6. The lowest BCUT2D eigenvalue weighted by Crippen LogP contribution is -2.69. The zero-order chi connectivity index (χ0) is 27.6. The molecule has 0 bridgehead atoms. The highest BCUT2D eigenvalue weighted by atomic mass is 35.5. The summed E-state index contributed by atoms with van der Waals surface area (Å²) in [6.07, 6.45) is 7.47. The third-order valence-corrected chi connectivity index (χ3v) is 9.22. The Kier molecular flexibility index (Phi) is 8.43. The Balaban J connectivity index is 1.51. The summed E-state index contributed by atoms with van der Waals surface area (Å²) >= 11 is 6.45. The van der Waals surface area contributed by atoms with Crippen molar-refractivity contribution in [3.8, 4) is 0 Å². The molecule has 2 saturated heterocycles. The molecule has 8 heteroatoms. The number of halogens is 1. The fourth-order valence-electron chi connectivity index (χ4n) is 6.75. The zero-order valence-corrected chi connectivity index (χ0v) is 23.8. The molecule has 208 valence electrons. The second kappa shape index (κ2) is 11.8. The first kappa shape index (κ1) is 27.8. The van der Waals surface area contributed by atoms with Crippen molar-refractivity contribution in [2.24, 2.45) is 5.73 Å². The second-order valence-electron chi connectivity index (χ2n) is 11.2. The molecular weight excluding hydrogens is 510 g/mol. The van der Waals surface area contributed by atoms with Gasteiger partial charge in [0.25, 0.3) is 5.91 Å². The van der Waals surface area contributed by atoms with Gasteiger partial charge in [-0.05, 0) is 69.0 Å². The van der Waals surface area contributed by atoms with E-state index < -0.39 is 11.6 Å². The topological polar surface area (TPSA) is 85.7 Å². The number of benzene rings is 2. The lowest BCUT2D eigenvalue weighted by molar-refractivity contribution is -0.155. The van der Waals surface area contributed by atoms with Gasteiger partial charge in [-0.1, -0.05) is 54.4 Å². The number of likely N-dealkylation sites (tertiary alicyclic amines) is 2. The van der Waals surface area contributed by atoms with Gasteiger partial charge in [0.05, 0.1) is 6.04 Å². The number of likely N-dealkylation sites (N-methyl/N-ethyl adjacent to an activating group) is 1. The van der Waals surface area contributed by atoms with Crippen LogP contribution in [0.2, 0.25) is 5.02 Å². The first-order chi connectivity index (χ1) is 18.8. The van der Waals surface area contributed by atoms with E-state index in [1.807, 2.05) is 54.7 Å². The van der Waals surface area contributed by atoms with E-state index in [1.54, 1.807) is 11.9 Å². The van der Waals surface area contributed by atoms with E-state index in [-0.39, 0.29) is 11.7 Å². The van der Waals surface area contributed by atoms with E-state index in [1.165, 1.54) is 26.2 Å². The fraction of sp³-hybridized carbons (Fsp3) is 0.484. The molecule has 2 fully saturated rings. The number of para-hydroxylation sites is 1. The Morgan fingerprint density at radius 1 is 1.05 bits per heavy atom. The Morgan fingerprint density at radius 2 is 1.72 bits per heavy atom. The van der Waals surface area contributed by atoms with Crippen LogP contribution in [0.25, 0.3) is 10.9 Å². The third kappa shape index (κ3) is 5.25. The van der Waals surface area contributed by atoms with Crippen LogP contribution >= 0.6 is 11.6 Å². The summed E-state index contributed by atoms with van der Waals surface area (Å²) in [7, 11) is 1.74. The van der Waals surface area contributed by atoms with Crippen LogP contribution < -0.4 is 5.73 Å². The van der Waals surface area contributed by atoms with Crippen LogP contribution in [0.5, 0.6) is 0 Å². The number of piperidine rings is 2. The van der Waals surface area contributed by atoms with Gasteiger partial charge in [0.2, 0.25) is 0 Å². The largest absolute Gasteiger partial charge is 0.361 e. The smallest absolute Gasteiger partial charge is 0.252 e. The number of nitrogens with one attached hydrogen (secondary N) is 1. The number of rotatable bonds is 8. The number of amides is 1. The molecule has 2 atom stereocenters. The highest BCUT2D eigenvalue weighted by Crippen LogP contribution is 2.39. The number of aromatic nitrogens is 1. The number of carbonyl (C=O) groups excluding carboxylic acids is 2. The number of fused-ring (bicyclic) bond motifs is 1. The van der Waals surface area contributed by atoms with Gasteiger partial charge in [-0.2, -0.15) is 0 Å². The molecule has 0 saturated carbocycles. The number of aromatic amines is 1. The van der Waals surface area contributed by atoms with Crippen LogP contribution in [0.3, 0.4) is 0 Å². The van der Waals surface area contributed by atoms with Crippen LogP contribution in [0, 0.1) is 0 Å². The predicted molar refractivity (Wildman–Crippen MR) is 157 cm³/mol. The van der Waals surface area contributed by atoms with Gasteiger partial charge in [-0.15, -0.1) is 0 Å². The van der Waals surface area contributed by atoms with Crippen molar-refractivity contribution >= 4 is 34.2 Å². The number of ketones is 1.